The Morgan fingerprint density at radius 3 is 2.84 bits per heavy atom. The molecule has 0 spiro atoms. The van der Waals surface area contributed by atoms with Gasteiger partial charge in [0, 0.05) is 11.4 Å². The van der Waals surface area contributed by atoms with Crippen molar-refractivity contribution in [3.05, 3.63) is 50.5 Å². The summed E-state index contributed by atoms with van der Waals surface area (Å²) in [6.07, 6.45) is 0.108. The third-order valence-corrected chi connectivity index (χ3v) is 3.21. The fourth-order valence-electron chi connectivity index (χ4n) is 1.59. The van der Waals surface area contributed by atoms with E-state index in [0.29, 0.717) is 5.69 Å². The molecule has 0 unspecified atom stereocenters. The molecule has 0 aliphatic heterocycles. The van der Waals surface area contributed by atoms with Gasteiger partial charge < -0.3 is 5.32 Å². The number of aryl methyl sites for hydroxylation is 1. The van der Waals surface area contributed by atoms with Gasteiger partial charge in [0.1, 0.15) is 5.69 Å². The summed E-state index contributed by atoms with van der Waals surface area (Å²) in [5, 5.41) is 16.0. The van der Waals surface area contributed by atoms with Crippen molar-refractivity contribution < 1.29 is 9.72 Å². The summed E-state index contributed by atoms with van der Waals surface area (Å²) in [5.74, 6) is -0.320. The van der Waals surface area contributed by atoms with E-state index in [0.717, 1.165) is 5.01 Å². The van der Waals surface area contributed by atoms with Crippen LogP contribution in [0.15, 0.2) is 29.6 Å². The Labute approximate surface area is 113 Å². The van der Waals surface area contributed by atoms with Gasteiger partial charge in [-0.15, -0.1) is 11.3 Å². The molecule has 0 aliphatic carbocycles. The minimum absolute atomic E-state index is 0.108. The summed E-state index contributed by atoms with van der Waals surface area (Å²) in [6.45, 7) is 1.86. The highest BCUT2D eigenvalue weighted by atomic mass is 32.1. The van der Waals surface area contributed by atoms with E-state index in [1.54, 1.807) is 17.5 Å². The second kappa shape index (κ2) is 5.57. The lowest BCUT2D eigenvalue weighted by Crippen LogP contribution is -2.15. The molecule has 1 amide bonds. The number of amides is 1. The van der Waals surface area contributed by atoms with Crippen LogP contribution in [0.1, 0.15) is 10.7 Å². The SMILES string of the molecule is Cc1nc(CC(=O)Nc2ccccc2[N+](=O)[O-])cs1. The molecule has 7 heteroatoms. The van der Waals surface area contributed by atoms with E-state index in [4.69, 9.17) is 0 Å². The third-order valence-electron chi connectivity index (χ3n) is 2.38. The first-order valence-electron chi connectivity index (χ1n) is 5.50. The lowest BCUT2D eigenvalue weighted by atomic mass is 10.2. The van der Waals surface area contributed by atoms with Crippen LogP contribution in [0.3, 0.4) is 0 Å². The van der Waals surface area contributed by atoms with Gasteiger partial charge in [-0.25, -0.2) is 4.98 Å². The lowest BCUT2D eigenvalue weighted by molar-refractivity contribution is -0.383. The van der Waals surface area contributed by atoms with Crippen molar-refractivity contribution >= 4 is 28.6 Å². The summed E-state index contributed by atoms with van der Waals surface area (Å²) in [6, 6.07) is 6.04. The molecule has 19 heavy (non-hydrogen) atoms. The van der Waals surface area contributed by atoms with E-state index < -0.39 is 4.92 Å². The first-order valence-corrected chi connectivity index (χ1v) is 6.38. The van der Waals surface area contributed by atoms with Crippen LogP contribution in [0, 0.1) is 17.0 Å². The molecule has 2 rings (SSSR count). The van der Waals surface area contributed by atoms with E-state index in [-0.39, 0.29) is 23.7 Å². The molecule has 6 nitrogen and oxygen atoms in total. The van der Waals surface area contributed by atoms with Crippen molar-refractivity contribution in [2.75, 3.05) is 5.32 Å². The molecule has 0 aliphatic rings. The highest BCUT2D eigenvalue weighted by molar-refractivity contribution is 7.09. The van der Waals surface area contributed by atoms with Crippen LogP contribution < -0.4 is 5.32 Å². The Morgan fingerprint density at radius 1 is 1.47 bits per heavy atom. The van der Waals surface area contributed by atoms with Gasteiger partial charge in [-0.3, -0.25) is 14.9 Å². The van der Waals surface area contributed by atoms with Gasteiger partial charge in [0.2, 0.25) is 5.91 Å². The van der Waals surface area contributed by atoms with E-state index in [1.165, 1.54) is 23.5 Å². The fourth-order valence-corrected chi connectivity index (χ4v) is 2.20. The van der Waals surface area contributed by atoms with Gasteiger partial charge in [0.15, 0.2) is 0 Å². The normalized spacial score (nSPS) is 10.2. The highest BCUT2D eigenvalue weighted by Gasteiger charge is 2.15. The quantitative estimate of drug-likeness (QED) is 0.687. The number of carbonyl (C=O) groups excluding carboxylic acids is 1. The molecule has 0 atom stereocenters. The van der Waals surface area contributed by atoms with Gasteiger partial charge >= 0.3 is 0 Å². The Morgan fingerprint density at radius 2 is 2.21 bits per heavy atom. The molecular formula is C12H11N3O3S. The molecule has 2 aromatic rings. The topological polar surface area (TPSA) is 85.1 Å². The van der Waals surface area contributed by atoms with Crippen molar-refractivity contribution in [2.45, 2.75) is 13.3 Å². The number of nitrogens with one attached hydrogen (secondary N) is 1. The Bertz CT molecular complexity index is 624. The number of rotatable bonds is 4. The van der Waals surface area contributed by atoms with Crippen molar-refractivity contribution in [1.82, 2.24) is 4.98 Å². The molecule has 0 saturated heterocycles. The summed E-state index contributed by atoms with van der Waals surface area (Å²) >= 11 is 1.46. The average Bonchev–Trinajstić information content (AvgIpc) is 2.75. The second-order valence-corrected chi connectivity index (χ2v) is 4.92. The highest BCUT2D eigenvalue weighted by Crippen LogP contribution is 2.23. The summed E-state index contributed by atoms with van der Waals surface area (Å²) in [7, 11) is 0. The van der Waals surface area contributed by atoms with Gasteiger partial charge in [0.25, 0.3) is 5.69 Å². The van der Waals surface area contributed by atoms with Crippen LogP contribution >= 0.6 is 11.3 Å². The molecule has 0 bridgehead atoms. The molecule has 0 fully saturated rings. The molecule has 1 N–H and O–H groups in total. The Hall–Kier alpha value is -2.28. The zero-order valence-electron chi connectivity index (χ0n) is 10.1. The number of anilines is 1. The maximum absolute atomic E-state index is 11.8. The maximum Gasteiger partial charge on any atom is 0.292 e. The third kappa shape index (κ3) is 3.35. The van der Waals surface area contributed by atoms with Crippen molar-refractivity contribution in [2.24, 2.45) is 0 Å². The number of hydrogen-bond acceptors (Lipinski definition) is 5. The Balaban J connectivity index is 2.09. The van der Waals surface area contributed by atoms with Crippen LogP contribution in [-0.4, -0.2) is 15.8 Å². The smallest absolute Gasteiger partial charge is 0.292 e. The zero-order chi connectivity index (χ0) is 13.8. The largest absolute Gasteiger partial charge is 0.320 e. The number of nitro groups is 1. The van der Waals surface area contributed by atoms with Crippen LogP contribution in [0.25, 0.3) is 0 Å². The number of carbonyl (C=O) groups is 1. The first-order chi connectivity index (χ1) is 9.06. The summed E-state index contributed by atoms with van der Waals surface area (Å²) in [4.78, 5) is 26.3. The first kappa shape index (κ1) is 13.2. The zero-order valence-corrected chi connectivity index (χ0v) is 10.9. The Kier molecular flexibility index (Phi) is 3.86. The minimum Gasteiger partial charge on any atom is -0.320 e. The standard InChI is InChI=1S/C12H11N3O3S/c1-8-13-9(7-19-8)6-12(16)14-10-4-2-3-5-11(10)15(17)18/h2-5,7H,6H2,1H3,(H,14,16). The number of nitrogens with zero attached hydrogens (tertiary/aromatic N) is 2. The molecular weight excluding hydrogens is 266 g/mol. The summed E-state index contributed by atoms with van der Waals surface area (Å²) < 4.78 is 0. The van der Waals surface area contributed by atoms with Gasteiger partial charge in [0.05, 0.1) is 22.0 Å². The van der Waals surface area contributed by atoms with Gasteiger partial charge in [-0.2, -0.15) is 0 Å². The van der Waals surface area contributed by atoms with E-state index in [1.807, 2.05) is 6.92 Å². The number of thiazole rings is 1. The average molecular weight is 277 g/mol. The van der Waals surface area contributed by atoms with E-state index in [2.05, 4.69) is 10.3 Å². The van der Waals surface area contributed by atoms with Crippen molar-refractivity contribution in [3.8, 4) is 0 Å². The number of benzene rings is 1. The number of para-hydroxylation sites is 2. The fraction of sp³-hybridized carbons (Fsp3) is 0.167. The molecule has 1 aromatic carbocycles. The van der Waals surface area contributed by atoms with Crippen molar-refractivity contribution in [1.29, 1.82) is 0 Å². The molecule has 0 radical (unpaired) electrons. The van der Waals surface area contributed by atoms with Crippen LogP contribution in [0.5, 0.6) is 0 Å². The molecule has 1 aromatic heterocycles. The van der Waals surface area contributed by atoms with Crippen molar-refractivity contribution in [3.63, 3.8) is 0 Å². The number of nitro benzene ring substituents is 1. The van der Waals surface area contributed by atoms with Crippen LogP contribution in [0.4, 0.5) is 11.4 Å². The minimum atomic E-state index is -0.525. The van der Waals surface area contributed by atoms with Crippen LogP contribution in [-0.2, 0) is 11.2 Å². The van der Waals surface area contributed by atoms with Crippen LogP contribution in [0.2, 0.25) is 0 Å². The number of hydrogen-bond donors (Lipinski definition) is 1. The van der Waals surface area contributed by atoms with E-state index >= 15 is 0 Å². The van der Waals surface area contributed by atoms with Gasteiger partial charge in [-0.1, -0.05) is 12.1 Å². The number of aromatic nitrogens is 1. The summed E-state index contributed by atoms with van der Waals surface area (Å²) in [5.41, 5.74) is 0.744. The maximum atomic E-state index is 11.8. The predicted molar refractivity (Wildman–Crippen MR) is 72.3 cm³/mol. The molecule has 0 saturated carbocycles. The second-order valence-electron chi connectivity index (χ2n) is 3.86. The predicted octanol–water partition coefficient (Wildman–Crippen LogP) is 2.54. The lowest BCUT2D eigenvalue weighted by Gasteiger charge is -2.04. The molecule has 98 valence electrons. The van der Waals surface area contributed by atoms with Gasteiger partial charge in [-0.05, 0) is 13.0 Å². The monoisotopic (exact) mass is 277 g/mol. The molecule has 1 heterocycles. The van der Waals surface area contributed by atoms with E-state index in [9.17, 15) is 14.9 Å².